The van der Waals surface area contributed by atoms with Gasteiger partial charge in [0.25, 0.3) is 0 Å². The SMILES string of the molecule is O=C1CSc2nnc(CCc3nnc4n3NC(=O)CS4)n2N1. The number of aryl methyl sites for hydroxylation is 2. The maximum Gasteiger partial charge on any atom is 0.249 e. The summed E-state index contributed by atoms with van der Waals surface area (Å²) in [4.78, 5) is 22.9. The zero-order chi connectivity index (χ0) is 15.1. The van der Waals surface area contributed by atoms with Crippen LogP contribution in [0.15, 0.2) is 10.3 Å². The van der Waals surface area contributed by atoms with Gasteiger partial charge >= 0.3 is 0 Å². The van der Waals surface area contributed by atoms with E-state index in [4.69, 9.17) is 0 Å². The molecule has 0 aliphatic carbocycles. The van der Waals surface area contributed by atoms with Gasteiger partial charge in [0.1, 0.15) is 0 Å². The van der Waals surface area contributed by atoms with Crippen LogP contribution in [-0.2, 0) is 22.4 Å². The molecule has 4 rings (SSSR count). The van der Waals surface area contributed by atoms with Crippen LogP contribution >= 0.6 is 23.5 Å². The molecule has 0 atom stereocenters. The molecule has 0 bridgehead atoms. The minimum absolute atomic E-state index is 0.0814. The molecule has 114 valence electrons. The predicted octanol–water partition coefficient (Wildman–Crippen LogP) is -0.994. The topological polar surface area (TPSA) is 120 Å². The summed E-state index contributed by atoms with van der Waals surface area (Å²) in [5.41, 5.74) is 5.45. The molecule has 0 aromatic carbocycles. The Morgan fingerprint density at radius 1 is 0.818 bits per heavy atom. The fourth-order valence-electron chi connectivity index (χ4n) is 2.13. The number of nitrogens with one attached hydrogen (secondary N) is 2. The molecule has 0 fully saturated rings. The number of aromatic nitrogens is 6. The van der Waals surface area contributed by atoms with Crippen LogP contribution in [0.2, 0.25) is 0 Å². The van der Waals surface area contributed by atoms with Gasteiger partial charge in [-0.25, -0.2) is 9.35 Å². The van der Waals surface area contributed by atoms with Gasteiger partial charge in [0.15, 0.2) is 11.6 Å². The Bertz CT molecular complexity index is 705. The third kappa shape index (κ3) is 2.33. The molecule has 2 aromatic rings. The summed E-state index contributed by atoms with van der Waals surface area (Å²) >= 11 is 2.70. The molecule has 0 radical (unpaired) electrons. The Labute approximate surface area is 132 Å². The highest BCUT2D eigenvalue weighted by Gasteiger charge is 2.23. The van der Waals surface area contributed by atoms with E-state index in [0.29, 0.717) is 46.3 Å². The van der Waals surface area contributed by atoms with Crippen LogP contribution in [0.5, 0.6) is 0 Å². The molecule has 12 heteroatoms. The number of fused-ring (bicyclic) bond motifs is 2. The summed E-state index contributed by atoms with van der Waals surface area (Å²) in [6.45, 7) is 0. The number of amides is 2. The average Bonchev–Trinajstić information content (AvgIpc) is 3.08. The Morgan fingerprint density at radius 2 is 1.27 bits per heavy atom. The van der Waals surface area contributed by atoms with Crippen LogP contribution in [0.25, 0.3) is 0 Å². The van der Waals surface area contributed by atoms with Crippen LogP contribution in [-0.4, -0.2) is 53.1 Å². The summed E-state index contributed by atoms with van der Waals surface area (Å²) in [6, 6.07) is 0. The van der Waals surface area contributed by atoms with E-state index in [1.165, 1.54) is 23.5 Å². The summed E-state index contributed by atoms with van der Waals surface area (Å²) in [7, 11) is 0. The normalized spacial score (nSPS) is 16.7. The van der Waals surface area contributed by atoms with Crippen molar-refractivity contribution in [2.45, 2.75) is 23.2 Å². The molecule has 10 nitrogen and oxygen atoms in total. The third-order valence-electron chi connectivity index (χ3n) is 3.11. The highest BCUT2D eigenvalue weighted by atomic mass is 32.2. The lowest BCUT2D eigenvalue weighted by Gasteiger charge is -2.16. The number of rotatable bonds is 3. The summed E-state index contributed by atoms with van der Waals surface area (Å²) in [6.07, 6.45) is 1.04. The smallest absolute Gasteiger partial charge is 0.249 e. The molecule has 0 unspecified atom stereocenters. The molecule has 2 aliphatic heterocycles. The maximum absolute atomic E-state index is 11.5. The lowest BCUT2D eigenvalue weighted by molar-refractivity contribution is -0.115. The molecule has 0 spiro atoms. The number of thioether (sulfide) groups is 2. The van der Waals surface area contributed by atoms with Gasteiger partial charge < -0.3 is 0 Å². The number of nitrogens with zero attached hydrogens (tertiary/aromatic N) is 6. The van der Waals surface area contributed by atoms with Crippen LogP contribution in [0.3, 0.4) is 0 Å². The van der Waals surface area contributed by atoms with E-state index in [-0.39, 0.29) is 11.8 Å². The van der Waals surface area contributed by atoms with Crippen LogP contribution in [0, 0.1) is 0 Å². The minimum atomic E-state index is -0.0814. The van der Waals surface area contributed by atoms with Crippen molar-refractivity contribution in [3.63, 3.8) is 0 Å². The Balaban J connectivity index is 1.52. The van der Waals surface area contributed by atoms with E-state index in [1.54, 1.807) is 9.35 Å². The predicted molar refractivity (Wildman–Crippen MR) is 77.6 cm³/mol. The number of carbonyl (C=O) groups is 2. The van der Waals surface area contributed by atoms with Crippen molar-refractivity contribution >= 4 is 35.3 Å². The van der Waals surface area contributed by atoms with Crippen LogP contribution in [0.4, 0.5) is 0 Å². The van der Waals surface area contributed by atoms with Crippen LogP contribution < -0.4 is 10.9 Å². The molecule has 0 saturated carbocycles. The first-order valence-corrected chi connectivity index (χ1v) is 8.42. The van der Waals surface area contributed by atoms with Crippen molar-refractivity contribution in [3.8, 4) is 0 Å². The van der Waals surface area contributed by atoms with Crippen molar-refractivity contribution in [2.24, 2.45) is 0 Å². The maximum atomic E-state index is 11.5. The molecule has 0 saturated heterocycles. The van der Waals surface area contributed by atoms with E-state index in [9.17, 15) is 9.59 Å². The van der Waals surface area contributed by atoms with Gasteiger partial charge in [0.05, 0.1) is 11.5 Å². The fourth-order valence-corrected chi connectivity index (χ4v) is 3.54. The zero-order valence-corrected chi connectivity index (χ0v) is 12.8. The van der Waals surface area contributed by atoms with E-state index in [1.807, 2.05) is 0 Å². The largest absolute Gasteiger partial charge is 0.272 e. The lowest BCUT2D eigenvalue weighted by Crippen LogP contribution is -2.32. The summed E-state index contributed by atoms with van der Waals surface area (Å²) < 4.78 is 3.19. The molecule has 2 aromatic heterocycles. The highest BCUT2D eigenvalue weighted by molar-refractivity contribution is 8.00. The lowest BCUT2D eigenvalue weighted by atomic mass is 10.3. The number of hydrogen-bond donors (Lipinski definition) is 2. The first-order chi connectivity index (χ1) is 10.7. The van der Waals surface area contributed by atoms with Gasteiger partial charge in [0, 0.05) is 12.8 Å². The van der Waals surface area contributed by atoms with E-state index in [2.05, 4.69) is 31.2 Å². The Morgan fingerprint density at radius 3 is 1.73 bits per heavy atom. The van der Waals surface area contributed by atoms with Crippen molar-refractivity contribution < 1.29 is 9.59 Å². The molecule has 2 amide bonds. The average molecular weight is 338 g/mol. The molecule has 4 heterocycles. The van der Waals surface area contributed by atoms with Crippen LogP contribution in [0.1, 0.15) is 11.6 Å². The van der Waals surface area contributed by atoms with Gasteiger partial charge in [0.2, 0.25) is 22.1 Å². The van der Waals surface area contributed by atoms with Gasteiger partial charge in [-0.2, -0.15) is 0 Å². The molecule has 2 aliphatic rings. The third-order valence-corrected chi connectivity index (χ3v) is 4.97. The molecule has 22 heavy (non-hydrogen) atoms. The van der Waals surface area contributed by atoms with Gasteiger partial charge in [-0.15, -0.1) is 20.4 Å². The van der Waals surface area contributed by atoms with E-state index >= 15 is 0 Å². The van der Waals surface area contributed by atoms with Gasteiger partial charge in [-0.05, 0) is 0 Å². The zero-order valence-electron chi connectivity index (χ0n) is 11.1. The van der Waals surface area contributed by atoms with Crippen molar-refractivity contribution in [3.05, 3.63) is 11.6 Å². The van der Waals surface area contributed by atoms with Gasteiger partial charge in [-0.3, -0.25) is 20.4 Å². The Kier molecular flexibility index (Phi) is 3.26. The monoisotopic (exact) mass is 338 g/mol. The first kappa shape index (κ1) is 13.6. The van der Waals surface area contributed by atoms with Crippen molar-refractivity contribution in [2.75, 3.05) is 22.4 Å². The second-order valence-electron chi connectivity index (χ2n) is 4.62. The molecule has 2 N–H and O–H groups in total. The van der Waals surface area contributed by atoms with Crippen molar-refractivity contribution in [1.82, 2.24) is 29.7 Å². The fraction of sp³-hybridized carbons (Fsp3) is 0.400. The summed E-state index contributed by atoms with van der Waals surface area (Å²) in [5, 5.41) is 17.6. The number of hydrogen-bond acceptors (Lipinski definition) is 8. The van der Waals surface area contributed by atoms with E-state index in [0.717, 1.165) is 0 Å². The summed E-state index contributed by atoms with van der Waals surface area (Å²) in [5.74, 6) is 1.81. The second-order valence-corrected chi connectivity index (χ2v) is 6.50. The quantitative estimate of drug-likeness (QED) is 0.732. The highest BCUT2D eigenvalue weighted by Crippen LogP contribution is 2.22. The van der Waals surface area contributed by atoms with Crippen molar-refractivity contribution in [1.29, 1.82) is 0 Å². The molecular formula is C10H10N8O2S2. The van der Waals surface area contributed by atoms with Gasteiger partial charge in [-0.1, -0.05) is 23.5 Å². The molecular weight excluding hydrogens is 328 g/mol. The standard InChI is InChI=1S/C10H10N8O2S2/c19-7-3-21-9-13-11-5(17(9)15-7)1-2-6-12-14-10-18(6)16-8(20)4-22-10/h1-4H2,(H,15,19)(H,16,20). The second kappa shape index (κ2) is 5.28. The minimum Gasteiger partial charge on any atom is -0.272 e. The first-order valence-electron chi connectivity index (χ1n) is 6.44. The Hall–Kier alpha value is -2.08. The van der Waals surface area contributed by atoms with E-state index < -0.39 is 0 Å². The number of carbonyl (C=O) groups excluding carboxylic acids is 2.